The van der Waals surface area contributed by atoms with E-state index in [2.05, 4.69) is 15.5 Å². The molecule has 1 N–H and O–H groups in total. The predicted molar refractivity (Wildman–Crippen MR) is 155 cm³/mol. The maximum absolute atomic E-state index is 13.0. The Bertz CT molecular complexity index is 1640. The van der Waals surface area contributed by atoms with Crippen molar-refractivity contribution in [3.05, 3.63) is 136 Å². The van der Waals surface area contributed by atoms with Crippen LogP contribution in [0, 0.1) is 0 Å². The standard InChI is InChI=1S/C31H24ClF3N4OS/c32-27-12-5-4-11-26(27)28-37-38-30(39(28)19-21-7-2-1-3-8-21)41-20-22-13-15-24(16-14-22)29(40)36-18-23-9-6-10-25(17-23)31(33,34)35/h1-17H,18-20H2,(H,36,40). The minimum Gasteiger partial charge on any atom is -0.348 e. The van der Waals surface area contributed by atoms with Gasteiger partial charge in [-0.2, -0.15) is 13.2 Å². The van der Waals surface area contributed by atoms with Crippen LogP contribution >= 0.6 is 23.4 Å². The number of carbonyl (C=O) groups is 1. The van der Waals surface area contributed by atoms with E-state index in [1.54, 1.807) is 18.2 Å². The van der Waals surface area contributed by atoms with Gasteiger partial charge in [0.2, 0.25) is 0 Å². The Labute approximate surface area is 244 Å². The van der Waals surface area contributed by atoms with Crippen molar-refractivity contribution in [1.29, 1.82) is 0 Å². The number of halogens is 4. The van der Waals surface area contributed by atoms with Gasteiger partial charge in [-0.05, 0) is 53.1 Å². The Balaban J connectivity index is 1.26. The number of thioether (sulfide) groups is 1. The van der Waals surface area contributed by atoms with E-state index in [9.17, 15) is 18.0 Å². The quantitative estimate of drug-likeness (QED) is 0.177. The number of amides is 1. The van der Waals surface area contributed by atoms with Gasteiger partial charge in [0, 0.05) is 23.4 Å². The van der Waals surface area contributed by atoms with E-state index in [1.807, 2.05) is 71.3 Å². The first-order chi connectivity index (χ1) is 19.8. The van der Waals surface area contributed by atoms with E-state index in [4.69, 9.17) is 11.6 Å². The van der Waals surface area contributed by atoms with Crippen LogP contribution < -0.4 is 5.32 Å². The number of alkyl halides is 3. The van der Waals surface area contributed by atoms with Crippen molar-refractivity contribution in [3.63, 3.8) is 0 Å². The summed E-state index contributed by atoms with van der Waals surface area (Å²) in [7, 11) is 0. The lowest BCUT2D eigenvalue weighted by Crippen LogP contribution is -2.23. The summed E-state index contributed by atoms with van der Waals surface area (Å²) >= 11 is 7.99. The lowest BCUT2D eigenvalue weighted by molar-refractivity contribution is -0.137. The molecule has 41 heavy (non-hydrogen) atoms. The number of benzene rings is 4. The molecule has 4 aromatic carbocycles. The van der Waals surface area contributed by atoms with Gasteiger partial charge in [-0.1, -0.05) is 90.1 Å². The summed E-state index contributed by atoms with van der Waals surface area (Å²) in [6.07, 6.45) is -4.43. The second-order valence-corrected chi connectivity index (χ2v) is 10.6. The highest BCUT2D eigenvalue weighted by molar-refractivity contribution is 7.98. The van der Waals surface area contributed by atoms with E-state index < -0.39 is 11.7 Å². The average Bonchev–Trinajstić information content (AvgIpc) is 3.37. The molecule has 5 rings (SSSR count). The van der Waals surface area contributed by atoms with Crippen LogP contribution in [0.1, 0.15) is 32.6 Å². The molecule has 0 saturated heterocycles. The van der Waals surface area contributed by atoms with E-state index in [0.29, 0.717) is 34.3 Å². The largest absolute Gasteiger partial charge is 0.416 e. The number of hydrogen-bond donors (Lipinski definition) is 1. The summed E-state index contributed by atoms with van der Waals surface area (Å²) in [5.74, 6) is 0.894. The van der Waals surface area contributed by atoms with Gasteiger partial charge in [0.05, 0.1) is 17.1 Å². The van der Waals surface area contributed by atoms with Gasteiger partial charge in [0.25, 0.3) is 5.91 Å². The maximum atomic E-state index is 13.0. The molecule has 10 heteroatoms. The van der Waals surface area contributed by atoms with Gasteiger partial charge in [0.15, 0.2) is 11.0 Å². The third kappa shape index (κ3) is 7.17. The van der Waals surface area contributed by atoms with Crippen molar-refractivity contribution in [1.82, 2.24) is 20.1 Å². The molecular formula is C31H24ClF3N4OS. The van der Waals surface area contributed by atoms with Crippen LogP contribution in [-0.2, 0) is 25.0 Å². The highest BCUT2D eigenvalue weighted by Gasteiger charge is 2.30. The summed E-state index contributed by atoms with van der Waals surface area (Å²) in [6.45, 7) is 0.562. The Hall–Kier alpha value is -4.08. The zero-order valence-corrected chi connectivity index (χ0v) is 23.2. The summed E-state index contributed by atoms with van der Waals surface area (Å²) in [4.78, 5) is 12.6. The van der Waals surface area contributed by atoms with Gasteiger partial charge in [-0.3, -0.25) is 9.36 Å². The molecule has 0 unspecified atom stereocenters. The summed E-state index contributed by atoms with van der Waals surface area (Å²) in [5.41, 5.74) is 2.91. The molecule has 0 radical (unpaired) electrons. The van der Waals surface area contributed by atoms with Gasteiger partial charge in [-0.15, -0.1) is 10.2 Å². The highest BCUT2D eigenvalue weighted by atomic mass is 35.5. The monoisotopic (exact) mass is 592 g/mol. The molecule has 1 amide bonds. The fraction of sp³-hybridized carbons (Fsp3) is 0.129. The highest BCUT2D eigenvalue weighted by Crippen LogP contribution is 2.32. The number of rotatable bonds is 9. The van der Waals surface area contributed by atoms with Crippen LogP contribution in [0.3, 0.4) is 0 Å². The summed E-state index contributed by atoms with van der Waals surface area (Å²) in [6, 6.07) is 29.5. The van der Waals surface area contributed by atoms with Crippen LogP contribution in [0.25, 0.3) is 11.4 Å². The van der Waals surface area contributed by atoms with Crippen LogP contribution in [0.4, 0.5) is 13.2 Å². The van der Waals surface area contributed by atoms with Crippen molar-refractivity contribution in [2.75, 3.05) is 0 Å². The average molecular weight is 593 g/mol. The molecule has 1 aromatic heterocycles. The minimum absolute atomic E-state index is 0.00874. The van der Waals surface area contributed by atoms with Gasteiger partial charge in [-0.25, -0.2) is 0 Å². The normalized spacial score (nSPS) is 11.4. The first-order valence-electron chi connectivity index (χ1n) is 12.7. The Morgan fingerprint density at radius 1 is 0.829 bits per heavy atom. The number of nitrogens with one attached hydrogen (secondary N) is 1. The third-order valence-electron chi connectivity index (χ3n) is 6.31. The number of hydrogen-bond acceptors (Lipinski definition) is 4. The van der Waals surface area contributed by atoms with Gasteiger partial charge >= 0.3 is 6.18 Å². The SMILES string of the molecule is O=C(NCc1cccc(C(F)(F)F)c1)c1ccc(CSc2nnc(-c3ccccc3Cl)n2Cc2ccccc2)cc1. The first-order valence-corrected chi connectivity index (χ1v) is 14.0. The van der Waals surface area contributed by atoms with E-state index in [1.165, 1.54) is 17.8 Å². The van der Waals surface area contributed by atoms with Crippen molar-refractivity contribution >= 4 is 29.3 Å². The molecule has 0 aliphatic rings. The lowest BCUT2D eigenvalue weighted by atomic mass is 10.1. The molecule has 0 fully saturated rings. The fourth-order valence-corrected chi connectivity index (χ4v) is 5.30. The van der Waals surface area contributed by atoms with Crippen molar-refractivity contribution in [2.24, 2.45) is 0 Å². The Morgan fingerprint density at radius 2 is 1.54 bits per heavy atom. The second kappa shape index (κ2) is 12.6. The van der Waals surface area contributed by atoms with Crippen molar-refractivity contribution in [2.45, 2.75) is 30.2 Å². The first kappa shape index (κ1) is 28.4. The number of carbonyl (C=O) groups excluding carboxylic acids is 1. The van der Waals surface area contributed by atoms with Crippen LogP contribution in [-0.4, -0.2) is 20.7 Å². The summed E-state index contributed by atoms with van der Waals surface area (Å²) < 4.78 is 40.9. The number of aromatic nitrogens is 3. The molecule has 1 heterocycles. The Morgan fingerprint density at radius 3 is 2.27 bits per heavy atom. The molecule has 208 valence electrons. The van der Waals surface area contributed by atoms with Gasteiger partial charge in [0.1, 0.15) is 0 Å². The van der Waals surface area contributed by atoms with Crippen LogP contribution in [0.2, 0.25) is 5.02 Å². The topological polar surface area (TPSA) is 59.8 Å². The predicted octanol–water partition coefficient (Wildman–Crippen LogP) is 7.89. The van der Waals surface area contributed by atoms with E-state index in [0.717, 1.165) is 34.0 Å². The third-order valence-corrected chi connectivity index (χ3v) is 7.67. The molecular weight excluding hydrogens is 569 g/mol. The van der Waals surface area contributed by atoms with Gasteiger partial charge < -0.3 is 5.32 Å². The molecule has 0 atom stereocenters. The van der Waals surface area contributed by atoms with Crippen molar-refractivity contribution in [3.8, 4) is 11.4 Å². The minimum atomic E-state index is -4.43. The second-order valence-electron chi connectivity index (χ2n) is 9.22. The molecule has 5 nitrogen and oxygen atoms in total. The smallest absolute Gasteiger partial charge is 0.348 e. The molecule has 0 spiro atoms. The Kier molecular flexibility index (Phi) is 8.75. The van der Waals surface area contributed by atoms with Crippen LogP contribution in [0.5, 0.6) is 0 Å². The van der Waals surface area contributed by atoms with Crippen LogP contribution in [0.15, 0.2) is 108 Å². The zero-order valence-electron chi connectivity index (χ0n) is 21.6. The zero-order chi connectivity index (χ0) is 28.8. The lowest BCUT2D eigenvalue weighted by Gasteiger charge is -2.12. The number of nitrogens with zero attached hydrogens (tertiary/aromatic N) is 3. The summed E-state index contributed by atoms with van der Waals surface area (Å²) in [5, 5.41) is 12.9. The molecule has 5 aromatic rings. The van der Waals surface area contributed by atoms with Crippen molar-refractivity contribution < 1.29 is 18.0 Å². The maximum Gasteiger partial charge on any atom is 0.416 e. The fourth-order valence-electron chi connectivity index (χ4n) is 4.19. The molecule has 0 aliphatic carbocycles. The van der Waals surface area contributed by atoms with E-state index >= 15 is 0 Å². The molecule has 0 bridgehead atoms. The molecule has 0 saturated carbocycles. The van der Waals surface area contributed by atoms with E-state index in [-0.39, 0.29) is 12.5 Å². The molecule has 0 aliphatic heterocycles.